The molecule has 6 nitrogen and oxygen atoms in total. The first-order chi connectivity index (χ1) is 12.7. The van der Waals surface area contributed by atoms with E-state index in [-0.39, 0.29) is 23.5 Å². The molecule has 1 atom stereocenters. The van der Waals surface area contributed by atoms with Crippen molar-refractivity contribution in [1.82, 2.24) is 14.9 Å². The van der Waals surface area contributed by atoms with Crippen molar-refractivity contribution in [1.29, 1.82) is 0 Å². The third-order valence-electron chi connectivity index (χ3n) is 5.61. The van der Waals surface area contributed by atoms with Gasteiger partial charge in [-0.05, 0) is 44.2 Å². The fourth-order valence-electron chi connectivity index (χ4n) is 4.09. The highest BCUT2D eigenvalue weighted by molar-refractivity contribution is 5.78. The molecule has 1 N–H and O–H groups in total. The Labute approximate surface area is 152 Å². The third kappa shape index (κ3) is 3.65. The molecule has 1 amide bonds. The molecule has 0 radical (unpaired) electrons. The van der Waals surface area contributed by atoms with Gasteiger partial charge in [-0.2, -0.15) is 0 Å². The highest BCUT2D eigenvalue weighted by atomic mass is 16.5. The number of fused-ring (bicyclic) bond motifs is 1. The Hall–Kier alpha value is -2.21. The molecule has 2 aliphatic heterocycles. The number of piperidine rings is 1. The highest BCUT2D eigenvalue weighted by Crippen LogP contribution is 2.28. The minimum absolute atomic E-state index is 0.131. The molecule has 0 aliphatic carbocycles. The smallest absolute Gasteiger partial charge is 0.274 e. The van der Waals surface area contributed by atoms with E-state index < -0.39 is 0 Å². The molecule has 2 aliphatic rings. The number of likely N-dealkylation sites (tertiary alicyclic amines) is 1. The van der Waals surface area contributed by atoms with E-state index in [9.17, 15) is 9.59 Å². The van der Waals surface area contributed by atoms with Gasteiger partial charge in [0.1, 0.15) is 5.52 Å². The molecule has 0 aromatic carbocycles. The van der Waals surface area contributed by atoms with Gasteiger partial charge in [-0.15, -0.1) is 0 Å². The lowest BCUT2D eigenvalue weighted by atomic mass is 9.92. The van der Waals surface area contributed by atoms with E-state index in [1.165, 1.54) is 0 Å². The van der Waals surface area contributed by atoms with Crippen LogP contribution in [0.5, 0.6) is 0 Å². The fourth-order valence-corrected chi connectivity index (χ4v) is 4.09. The Morgan fingerprint density at radius 1 is 1.31 bits per heavy atom. The molecule has 0 spiro atoms. The molecule has 6 heteroatoms. The van der Waals surface area contributed by atoms with Gasteiger partial charge in [-0.1, -0.05) is 6.07 Å². The minimum Gasteiger partial charge on any atom is -0.378 e. The first kappa shape index (κ1) is 17.2. The predicted molar refractivity (Wildman–Crippen MR) is 99.1 cm³/mol. The average Bonchev–Trinajstić information content (AvgIpc) is 3.20. The van der Waals surface area contributed by atoms with Crippen LogP contribution in [0, 0.1) is 0 Å². The monoisotopic (exact) mass is 355 g/mol. The summed E-state index contributed by atoms with van der Waals surface area (Å²) in [7, 11) is 0. The van der Waals surface area contributed by atoms with Gasteiger partial charge in [0.15, 0.2) is 0 Å². The van der Waals surface area contributed by atoms with Crippen molar-refractivity contribution in [3.8, 4) is 0 Å². The number of ether oxygens (including phenoxy) is 1. The van der Waals surface area contributed by atoms with Crippen molar-refractivity contribution >= 4 is 16.8 Å². The zero-order chi connectivity index (χ0) is 17.9. The fraction of sp³-hybridized carbons (Fsp3) is 0.550. The van der Waals surface area contributed by atoms with E-state index in [4.69, 9.17) is 4.74 Å². The second-order valence-corrected chi connectivity index (χ2v) is 7.32. The summed E-state index contributed by atoms with van der Waals surface area (Å²) in [5.41, 5.74) is 1.31. The maximum atomic E-state index is 12.4. The Morgan fingerprint density at radius 2 is 2.15 bits per heavy atom. The van der Waals surface area contributed by atoms with Crippen LogP contribution in [0.25, 0.3) is 10.9 Å². The van der Waals surface area contributed by atoms with Crippen LogP contribution in [-0.2, 0) is 9.53 Å². The molecule has 4 heterocycles. The molecule has 26 heavy (non-hydrogen) atoms. The van der Waals surface area contributed by atoms with Crippen molar-refractivity contribution in [3.05, 3.63) is 40.4 Å². The Balaban J connectivity index is 1.36. The summed E-state index contributed by atoms with van der Waals surface area (Å²) < 4.78 is 5.60. The standard InChI is InChI=1S/C20H25N3O3/c24-18(6-5-16-4-2-12-26-16)23-10-7-14(8-11-23)17-13-15-3-1-9-21-19(15)20(25)22-17/h1,3,9,13-14,16H,2,4-8,10-12H2,(H,22,25)/t16-/m1/s1. The molecule has 2 aromatic rings. The summed E-state index contributed by atoms with van der Waals surface area (Å²) in [4.78, 5) is 33.8. The summed E-state index contributed by atoms with van der Waals surface area (Å²) in [6.45, 7) is 2.34. The molecule has 0 unspecified atom stereocenters. The van der Waals surface area contributed by atoms with E-state index >= 15 is 0 Å². The van der Waals surface area contributed by atoms with Gasteiger partial charge in [0, 0.05) is 49.3 Å². The number of hydrogen-bond donors (Lipinski definition) is 1. The molecule has 0 bridgehead atoms. The second kappa shape index (κ2) is 7.58. The number of hydrogen-bond acceptors (Lipinski definition) is 4. The predicted octanol–water partition coefficient (Wildman–Crippen LogP) is 2.59. The lowest BCUT2D eigenvalue weighted by Crippen LogP contribution is -2.38. The quantitative estimate of drug-likeness (QED) is 0.915. The normalized spacial score (nSPS) is 21.4. The lowest BCUT2D eigenvalue weighted by molar-refractivity contribution is -0.132. The van der Waals surface area contributed by atoms with Gasteiger partial charge in [0.05, 0.1) is 6.10 Å². The van der Waals surface area contributed by atoms with Gasteiger partial charge < -0.3 is 14.6 Å². The van der Waals surface area contributed by atoms with E-state index in [0.29, 0.717) is 11.9 Å². The number of H-pyrrole nitrogens is 1. The summed E-state index contributed by atoms with van der Waals surface area (Å²) in [6, 6.07) is 5.80. The zero-order valence-corrected chi connectivity index (χ0v) is 14.9. The maximum absolute atomic E-state index is 12.4. The average molecular weight is 355 g/mol. The number of amides is 1. The summed E-state index contributed by atoms with van der Waals surface area (Å²) in [6.07, 6.45) is 7.28. The minimum atomic E-state index is -0.131. The van der Waals surface area contributed by atoms with Crippen LogP contribution in [0.2, 0.25) is 0 Å². The molecule has 0 saturated carbocycles. The maximum Gasteiger partial charge on any atom is 0.274 e. The van der Waals surface area contributed by atoms with Gasteiger partial charge in [0.25, 0.3) is 5.56 Å². The van der Waals surface area contributed by atoms with Crippen LogP contribution in [-0.4, -0.2) is 46.6 Å². The number of nitrogens with one attached hydrogen (secondary N) is 1. The third-order valence-corrected chi connectivity index (χ3v) is 5.61. The van der Waals surface area contributed by atoms with Crippen LogP contribution in [0.15, 0.2) is 29.2 Å². The van der Waals surface area contributed by atoms with Gasteiger partial charge >= 0.3 is 0 Å². The number of pyridine rings is 2. The second-order valence-electron chi connectivity index (χ2n) is 7.32. The van der Waals surface area contributed by atoms with Crippen LogP contribution in [0.3, 0.4) is 0 Å². The highest BCUT2D eigenvalue weighted by Gasteiger charge is 2.25. The first-order valence-corrected chi connectivity index (χ1v) is 9.58. The summed E-state index contributed by atoms with van der Waals surface area (Å²) in [5.74, 6) is 0.518. The first-order valence-electron chi connectivity index (χ1n) is 9.58. The molecule has 2 aromatic heterocycles. The Kier molecular flexibility index (Phi) is 5.02. The van der Waals surface area contributed by atoms with Gasteiger partial charge in [-0.3, -0.25) is 14.6 Å². The van der Waals surface area contributed by atoms with Gasteiger partial charge in [0.2, 0.25) is 5.91 Å². The van der Waals surface area contributed by atoms with Gasteiger partial charge in [-0.25, -0.2) is 0 Å². The van der Waals surface area contributed by atoms with Crippen molar-refractivity contribution in [2.24, 2.45) is 0 Å². The Morgan fingerprint density at radius 3 is 2.92 bits per heavy atom. The SMILES string of the molecule is O=C(CC[C@H]1CCCO1)N1CCC(c2cc3cccnc3c(=O)[nH]2)CC1. The van der Waals surface area contributed by atoms with E-state index in [1.54, 1.807) is 6.20 Å². The number of carbonyl (C=O) groups excluding carboxylic acids is 1. The Bertz CT molecular complexity index is 834. The van der Waals surface area contributed by atoms with Crippen LogP contribution in [0.4, 0.5) is 0 Å². The van der Waals surface area contributed by atoms with Crippen LogP contribution < -0.4 is 5.56 Å². The number of rotatable bonds is 4. The molecular weight excluding hydrogens is 330 g/mol. The lowest BCUT2D eigenvalue weighted by Gasteiger charge is -2.32. The molecule has 2 fully saturated rings. The van der Waals surface area contributed by atoms with Crippen LogP contribution >= 0.6 is 0 Å². The van der Waals surface area contributed by atoms with Crippen molar-refractivity contribution in [3.63, 3.8) is 0 Å². The number of aromatic nitrogens is 2. The largest absolute Gasteiger partial charge is 0.378 e. The summed E-state index contributed by atoms with van der Waals surface area (Å²) >= 11 is 0. The number of carbonyl (C=O) groups is 1. The van der Waals surface area contributed by atoms with E-state index in [1.807, 2.05) is 23.1 Å². The topological polar surface area (TPSA) is 75.3 Å². The molecular formula is C20H25N3O3. The number of aromatic amines is 1. The van der Waals surface area contributed by atoms with Crippen molar-refractivity contribution < 1.29 is 9.53 Å². The summed E-state index contributed by atoms with van der Waals surface area (Å²) in [5, 5.41) is 0.876. The van der Waals surface area contributed by atoms with Crippen LogP contribution in [0.1, 0.15) is 50.1 Å². The van der Waals surface area contributed by atoms with E-state index in [2.05, 4.69) is 9.97 Å². The van der Waals surface area contributed by atoms with Crippen molar-refractivity contribution in [2.45, 2.75) is 50.5 Å². The molecule has 2 saturated heterocycles. The number of nitrogens with zero attached hydrogens (tertiary/aromatic N) is 2. The van der Waals surface area contributed by atoms with Crippen molar-refractivity contribution in [2.75, 3.05) is 19.7 Å². The molecule has 138 valence electrons. The zero-order valence-electron chi connectivity index (χ0n) is 14.9. The van der Waals surface area contributed by atoms with E-state index in [0.717, 1.165) is 62.9 Å². The molecule has 4 rings (SSSR count).